The lowest BCUT2D eigenvalue weighted by atomic mass is 10.0. The quantitative estimate of drug-likeness (QED) is 0.0905. The van der Waals surface area contributed by atoms with E-state index in [0.717, 1.165) is 157 Å². The fourth-order valence-corrected chi connectivity index (χ4v) is 17.5. The van der Waals surface area contributed by atoms with Gasteiger partial charge in [-0.3, -0.25) is 0 Å². The van der Waals surface area contributed by atoms with Crippen LogP contribution in [0.15, 0.2) is 446 Å². The van der Waals surface area contributed by atoms with E-state index in [0.29, 0.717) is 0 Å². The Morgan fingerprint density at radius 3 is 0.664 bits per heavy atom. The van der Waals surface area contributed by atoms with E-state index in [1.165, 1.54) is 43.6 Å². The average molecular weight is 1490 g/mol. The zero-order valence-electron chi connectivity index (χ0n) is 63.1. The van der Waals surface area contributed by atoms with Crippen LogP contribution >= 0.6 is 0 Å². The number of rotatable bonds is 17. The van der Waals surface area contributed by atoms with Crippen LogP contribution in [0.1, 0.15) is 0 Å². The van der Waals surface area contributed by atoms with Gasteiger partial charge in [0.1, 0.15) is 22.3 Å². The molecule has 0 unspecified atom stereocenters. The van der Waals surface area contributed by atoms with Gasteiger partial charge in [0.25, 0.3) is 0 Å². The second-order valence-corrected chi connectivity index (χ2v) is 29.6. The van der Waals surface area contributed by atoms with Gasteiger partial charge < -0.3 is 37.6 Å². The molecule has 8 nitrogen and oxygen atoms in total. The van der Waals surface area contributed by atoms with Crippen molar-refractivity contribution in [3.63, 3.8) is 0 Å². The highest BCUT2D eigenvalue weighted by molar-refractivity contribution is 6.13. The molecule has 0 bridgehead atoms. The summed E-state index contributed by atoms with van der Waals surface area (Å²) in [4.78, 5) is 9.37. The van der Waals surface area contributed by atoms with Gasteiger partial charge in [-0.2, -0.15) is 0 Å². The van der Waals surface area contributed by atoms with E-state index in [4.69, 9.17) is 8.83 Å². The summed E-state index contributed by atoms with van der Waals surface area (Å²) in [5, 5.41) is 9.39. The highest BCUT2D eigenvalue weighted by Gasteiger charge is 2.24. The molecule has 0 aliphatic carbocycles. The van der Waals surface area contributed by atoms with Crippen LogP contribution in [0.2, 0.25) is 0 Å². The van der Waals surface area contributed by atoms with E-state index in [1.54, 1.807) is 0 Å². The lowest BCUT2D eigenvalue weighted by Gasteiger charge is -2.29. The Balaban J connectivity index is 0.607. The maximum atomic E-state index is 6.58. The van der Waals surface area contributed by atoms with Gasteiger partial charge in [-0.05, 0) is 229 Å². The van der Waals surface area contributed by atoms with Crippen molar-refractivity contribution >= 4 is 156 Å². The summed E-state index contributed by atoms with van der Waals surface area (Å²) in [6, 6.07) is 157. The largest absolute Gasteiger partial charge is 0.455 e. The van der Waals surface area contributed by atoms with Crippen LogP contribution in [-0.2, 0) is 0 Å². The molecule has 8 heteroatoms. The number of nitrogens with zero attached hydrogens (tertiary/aromatic N) is 6. The summed E-state index contributed by atoms with van der Waals surface area (Å²) < 4.78 is 17.9. The summed E-state index contributed by atoms with van der Waals surface area (Å²) in [5.74, 6) is 0. The van der Waals surface area contributed by atoms with Gasteiger partial charge >= 0.3 is 0 Å². The van der Waals surface area contributed by atoms with Crippen molar-refractivity contribution in [1.29, 1.82) is 0 Å². The third-order valence-electron chi connectivity index (χ3n) is 22.9. The zero-order chi connectivity index (χ0) is 76.6. The Morgan fingerprint density at radius 1 is 0.155 bits per heavy atom. The van der Waals surface area contributed by atoms with E-state index < -0.39 is 0 Å². The second kappa shape index (κ2) is 28.3. The van der Waals surface area contributed by atoms with Gasteiger partial charge in [-0.15, -0.1) is 0 Å². The predicted octanol–water partition coefficient (Wildman–Crippen LogP) is 30.6. The van der Waals surface area contributed by atoms with E-state index in [2.05, 4.69) is 441 Å². The Morgan fingerprint density at radius 2 is 0.371 bits per heavy atom. The Kier molecular flexibility index (Phi) is 16.4. The van der Waals surface area contributed by atoms with Crippen molar-refractivity contribution in [1.82, 2.24) is 9.13 Å². The fourth-order valence-electron chi connectivity index (χ4n) is 17.5. The number of aromatic nitrogens is 2. The molecule has 0 aliphatic heterocycles. The second-order valence-electron chi connectivity index (χ2n) is 29.6. The van der Waals surface area contributed by atoms with Crippen molar-refractivity contribution in [3.05, 3.63) is 437 Å². The van der Waals surface area contributed by atoms with Crippen molar-refractivity contribution in [2.75, 3.05) is 19.6 Å². The molecule has 4 heterocycles. The molecule has 0 saturated heterocycles. The van der Waals surface area contributed by atoms with Gasteiger partial charge in [0.15, 0.2) is 0 Å². The molecule has 22 aromatic rings. The first-order valence-corrected chi connectivity index (χ1v) is 39.4. The molecule has 0 fully saturated rings. The van der Waals surface area contributed by atoms with E-state index in [9.17, 15) is 0 Å². The Labute approximate surface area is 670 Å². The normalized spacial score (nSPS) is 11.6. The molecule has 0 aliphatic rings. The van der Waals surface area contributed by atoms with E-state index >= 15 is 0 Å². The lowest BCUT2D eigenvalue weighted by Crippen LogP contribution is -2.12. The van der Waals surface area contributed by atoms with Crippen LogP contribution < -0.4 is 19.6 Å². The van der Waals surface area contributed by atoms with E-state index in [-0.39, 0.29) is 0 Å². The number of fused-ring (bicyclic) bond motifs is 12. The van der Waals surface area contributed by atoms with Crippen LogP contribution in [-0.4, -0.2) is 9.13 Å². The molecular weight excluding hydrogens is 1410 g/mol. The summed E-state index contributed by atoms with van der Waals surface area (Å²) in [5.41, 5.74) is 29.3. The Bertz CT molecular complexity index is 6850. The smallest absolute Gasteiger partial charge is 0.143 e. The highest BCUT2D eigenvalue weighted by Crippen LogP contribution is 2.47. The third kappa shape index (κ3) is 11.7. The van der Waals surface area contributed by atoms with Crippen molar-refractivity contribution in [2.45, 2.75) is 0 Å². The molecule has 0 saturated carbocycles. The first-order valence-electron chi connectivity index (χ1n) is 39.4. The molecule has 0 atom stereocenters. The summed E-state index contributed by atoms with van der Waals surface area (Å²) >= 11 is 0. The first-order chi connectivity index (χ1) is 57.5. The summed E-state index contributed by atoms with van der Waals surface area (Å²) in [6.07, 6.45) is 0. The third-order valence-corrected chi connectivity index (χ3v) is 22.9. The van der Waals surface area contributed by atoms with Gasteiger partial charge in [-0.25, -0.2) is 0 Å². The minimum Gasteiger partial charge on any atom is -0.455 e. The number of hydrogen-bond acceptors (Lipinski definition) is 6. The SMILES string of the molecule is c1ccc(N(c2ccc(N(c3ccc(-c4ccc(N(c5ccc(-c6cccc7c6oc6ccccc67)cc5)c5ccc(N(c6ccccc6)c6ccc(-n7c8ccccc8c8ccccc87)cc6)cc5)cc4)cc3)c3ccc(-c4cccc5c4oc4ccccc45)cc3)cc2)c2ccc(-n3c4ccccc4c4ccccc43)cc2)cc1. The molecule has 18 aromatic carbocycles. The van der Waals surface area contributed by atoms with E-state index in [1.807, 2.05) is 24.3 Å². The summed E-state index contributed by atoms with van der Waals surface area (Å²) in [6.45, 7) is 0. The van der Waals surface area contributed by atoms with Crippen LogP contribution in [0.4, 0.5) is 68.2 Å². The average Bonchev–Trinajstić information content (AvgIpc) is 1.63. The standard InChI is InChI=1S/C108H72N6O2/c1-3-21-77(22-4-1)109(85-65-69-89(70-66-85)113-101-35-13-7-25-93(101)94-26-8-14-36-102(94)113)83-57-61-87(62-58-83)111(81-53-45-75(46-54-81)91-31-19-33-99-97-29-11-17-39-105(97)115-107(91)99)79-49-41-73(42-50-79)74-43-51-80(52-44-74)112(82-55-47-76(48-56-82)92-32-20-34-100-98-30-12-18-40-106(98)116-108(92)100)88-63-59-84(60-64-88)110(78-23-5-2-6-24-78)86-67-71-90(72-68-86)114-103-37-15-9-27-95(103)96-28-10-16-38-104(96)114/h1-72H. The molecule has 0 spiro atoms. The zero-order valence-corrected chi connectivity index (χ0v) is 63.1. The van der Waals surface area contributed by atoms with Gasteiger partial charge in [0, 0.05) is 134 Å². The molecule has 116 heavy (non-hydrogen) atoms. The fraction of sp³-hybridized carbons (Fsp3) is 0. The highest BCUT2D eigenvalue weighted by atomic mass is 16.3. The number of benzene rings is 18. The predicted molar refractivity (Wildman–Crippen MR) is 485 cm³/mol. The molecule has 0 radical (unpaired) electrons. The van der Waals surface area contributed by atoms with Crippen molar-refractivity contribution in [2.24, 2.45) is 0 Å². The maximum absolute atomic E-state index is 6.58. The topological polar surface area (TPSA) is 49.1 Å². The van der Waals surface area contributed by atoms with Crippen LogP contribution in [0.3, 0.4) is 0 Å². The number of anilines is 12. The molecule has 22 rings (SSSR count). The number of furan rings is 2. The van der Waals surface area contributed by atoms with Gasteiger partial charge in [0.05, 0.1) is 22.1 Å². The summed E-state index contributed by atoms with van der Waals surface area (Å²) in [7, 11) is 0. The first kappa shape index (κ1) is 67.3. The monoisotopic (exact) mass is 1480 g/mol. The van der Waals surface area contributed by atoms with Crippen molar-refractivity contribution < 1.29 is 8.83 Å². The molecule has 4 aromatic heterocycles. The van der Waals surface area contributed by atoms with Crippen LogP contribution in [0.25, 0.3) is 132 Å². The molecule has 546 valence electrons. The van der Waals surface area contributed by atoms with Crippen LogP contribution in [0.5, 0.6) is 0 Å². The lowest BCUT2D eigenvalue weighted by molar-refractivity contribution is 0.669. The minimum absolute atomic E-state index is 0.879. The van der Waals surface area contributed by atoms with Crippen LogP contribution in [0, 0.1) is 0 Å². The van der Waals surface area contributed by atoms with Gasteiger partial charge in [-0.1, -0.05) is 231 Å². The molecular formula is C108H72N6O2. The minimum atomic E-state index is 0.879. The number of para-hydroxylation sites is 10. The Hall–Kier alpha value is -15.6. The maximum Gasteiger partial charge on any atom is 0.143 e. The van der Waals surface area contributed by atoms with Gasteiger partial charge in [0.2, 0.25) is 0 Å². The van der Waals surface area contributed by atoms with Crippen molar-refractivity contribution in [3.8, 4) is 44.8 Å². The molecule has 0 amide bonds. The molecule has 0 N–H and O–H groups in total. The number of hydrogen-bond donors (Lipinski definition) is 0.